The second-order valence-electron chi connectivity index (χ2n) is 1.88. The summed E-state index contributed by atoms with van der Waals surface area (Å²) in [6, 6.07) is 3.17. The largest absolute Gasteiger partial charge is 0.478 e. The van der Waals surface area contributed by atoms with Crippen molar-refractivity contribution in [2.45, 2.75) is 6.92 Å². The molecule has 0 N–H and O–H groups in total. The summed E-state index contributed by atoms with van der Waals surface area (Å²) in [4.78, 5) is 13.8. The molecular weight excluding hydrogens is 144 g/mol. The Bertz CT molecular complexity index is 233. The molecule has 58 valence electrons. The highest BCUT2D eigenvalue weighted by Crippen LogP contribution is 2.13. The van der Waals surface area contributed by atoms with Crippen molar-refractivity contribution in [1.29, 1.82) is 0 Å². The molecule has 0 aliphatic carbocycles. The number of ether oxygens (including phenoxy) is 1. The van der Waals surface area contributed by atoms with Gasteiger partial charge in [-0.2, -0.15) is 0 Å². The van der Waals surface area contributed by atoms with Crippen LogP contribution < -0.4 is 4.74 Å². The van der Waals surface area contributed by atoms with Crippen molar-refractivity contribution in [3.05, 3.63) is 23.2 Å². The molecule has 0 saturated heterocycles. The molecule has 1 aromatic rings. The SMILES string of the molecule is CCOc1ccc(N=O)cn1. The Morgan fingerprint density at radius 3 is 2.91 bits per heavy atom. The molecule has 1 rings (SSSR count). The first-order valence-corrected chi connectivity index (χ1v) is 3.29. The minimum absolute atomic E-state index is 0.313. The highest BCUT2D eigenvalue weighted by atomic mass is 16.5. The van der Waals surface area contributed by atoms with E-state index in [2.05, 4.69) is 10.2 Å². The quantitative estimate of drug-likeness (QED) is 0.621. The van der Waals surface area contributed by atoms with Gasteiger partial charge in [-0.25, -0.2) is 4.98 Å². The lowest BCUT2D eigenvalue weighted by Gasteiger charge is -1.98. The number of aromatic nitrogens is 1. The van der Waals surface area contributed by atoms with E-state index in [1.54, 1.807) is 12.1 Å². The van der Waals surface area contributed by atoms with Gasteiger partial charge in [0.1, 0.15) is 5.69 Å². The minimum atomic E-state index is 0.313. The van der Waals surface area contributed by atoms with Gasteiger partial charge in [0.15, 0.2) is 0 Å². The second-order valence-corrected chi connectivity index (χ2v) is 1.88. The van der Waals surface area contributed by atoms with Crippen LogP contribution in [0.15, 0.2) is 23.5 Å². The number of rotatable bonds is 3. The molecule has 0 radical (unpaired) electrons. The van der Waals surface area contributed by atoms with E-state index in [-0.39, 0.29) is 0 Å². The van der Waals surface area contributed by atoms with Crippen LogP contribution in [0.2, 0.25) is 0 Å². The molecule has 0 fully saturated rings. The molecule has 0 bridgehead atoms. The topological polar surface area (TPSA) is 51.5 Å². The summed E-state index contributed by atoms with van der Waals surface area (Å²) >= 11 is 0. The number of nitroso groups, excluding NO2 is 1. The van der Waals surface area contributed by atoms with Crippen molar-refractivity contribution in [2.24, 2.45) is 5.18 Å². The summed E-state index contributed by atoms with van der Waals surface area (Å²) in [6.07, 6.45) is 1.37. The van der Waals surface area contributed by atoms with Crippen LogP contribution in [0.25, 0.3) is 0 Å². The minimum Gasteiger partial charge on any atom is -0.478 e. The van der Waals surface area contributed by atoms with Gasteiger partial charge < -0.3 is 4.74 Å². The number of hydrogen-bond acceptors (Lipinski definition) is 4. The summed E-state index contributed by atoms with van der Waals surface area (Å²) < 4.78 is 5.05. The Hall–Kier alpha value is -1.45. The molecule has 0 spiro atoms. The summed E-state index contributed by atoms with van der Waals surface area (Å²) in [5.74, 6) is 0.514. The smallest absolute Gasteiger partial charge is 0.213 e. The maximum atomic E-state index is 9.94. The van der Waals surface area contributed by atoms with E-state index in [1.165, 1.54) is 6.20 Å². The molecular formula is C7H8N2O2. The van der Waals surface area contributed by atoms with Crippen LogP contribution in [0.3, 0.4) is 0 Å². The predicted molar refractivity (Wildman–Crippen MR) is 40.9 cm³/mol. The van der Waals surface area contributed by atoms with Crippen molar-refractivity contribution in [1.82, 2.24) is 4.98 Å². The predicted octanol–water partition coefficient (Wildman–Crippen LogP) is 1.88. The van der Waals surface area contributed by atoms with E-state index in [1.807, 2.05) is 6.92 Å². The van der Waals surface area contributed by atoms with Gasteiger partial charge in [-0.3, -0.25) is 0 Å². The third kappa shape index (κ3) is 2.00. The average molecular weight is 152 g/mol. The van der Waals surface area contributed by atoms with Crippen LogP contribution >= 0.6 is 0 Å². The Kier molecular flexibility index (Phi) is 2.54. The van der Waals surface area contributed by atoms with Crippen molar-refractivity contribution in [3.8, 4) is 5.88 Å². The van der Waals surface area contributed by atoms with E-state index in [0.717, 1.165) is 0 Å². The van der Waals surface area contributed by atoms with Gasteiger partial charge in [-0.1, -0.05) is 0 Å². The van der Waals surface area contributed by atoms with Crippen LogP contribution in [-0.4, -0.2) is 11.6 Å². The molecule has 0 saturated carbocycles. The molecule has 1 heterocycles. The molecule has 1 aromatic heterocycles. The molecule has 0 amide bonds. The van der Waals surface area contributed by atoms with E-state index in [0.29, 0.717) is 18.2 Å². The molecule has 0 atom stereocenters. The number of nitrogens with zero attached hydrogens (tertiary/aromatic N) is 2. The molecule has 0 unspecified atom stereocenters. The van der Waals surface area contributed by atoms with E-state index in [9.17, 15) is 4.91 Å². The van der Waals surface area contributed by atoms with Crippen molar-refractivity contribution in [3.63, 3.8) is 0 Å². The van der Waals surface area contributed by atoms with Gasteiger partial charge in [0, 0.05) is 6.07 Å². The Balaban J connectivity index is 2.74. The Morgan fingerprint density at radius 2 is 2.45 bits per heavy atom. The van der Waals surface area contributed by atoms with Gasteiger partial charge in [0.25, 0.3) is 0 Å². The van der Waals surface area contributed by atoms with E-state index in [4.69, 9.17) is 4.74 Å². The standard InChI is InChI=1S/C7H8N2O2/c1-2-11-7-4-3-6(9-10)5-8-7/h3-5H,2H2,1H3. The highest BCUT2D eigenvalue weighted by Gasteiger charge is 1.93. The maximum absolute atomic E-state index is 9.94. The normalized spacial score (nSPS) is 9.18. The van der Waals surface area contributed by atoms with Gasteiger partial charge >= 0.3 is 0 Å². The third-order valence-electron chi connectivity index (χ3n) is 1.12. The van der Waals surface area contributed by atoms with Crippen LogP contribution in [-0.2, 0) is 0 Å². The Labute approximate surface area is 64.2 Å². The number of hydrogen-bond donors (Lipinski definition) is 0. The molecule has 4 nitrogen and oxygen atoms in total. The van der Waals surface area contributed by atoms with Gasteiger partial charge in [-0.05, 0) is 18.2 Å². The molecule has 0 aliphatic rings. The number of pyridine rings is 1. The molecule has 4 heteroatoms. The zero-order valence-electron chi connectivity index (χ0n) is 6.15. The van der Waals surface area contributed by atoms with Gasteiger partial charge in [0.2, 0.25) is 5.88 Å². The second kappa shape index (κ2) is 3.65. The molecule has 11 heavy (non-hydrogen) atoms. The highest BCUT2D eigenvalue weighted by molar-refractivity contribution is 5.34. The van der Waals surface area contributed by atoms with Crippen molar-refractivity contribution >= 4 is 5.69 Å². The molecule has 0 aromatic carbocycles. The van der Waals surface area contributed by atoms with E-state index >= 15 is 0 Å². The van der Waals surface area contributed by atoms with Crippen molar-refractivity contribution in [2.75, 3.05) is 6.61 Å². The van der Waals surface area contributed by atoms with Crippen LogP contribution in [0.4, 0.5) is 5.69 Å². The molecule has 0 aliphatic heterocycles. The lowest BCUT2D eigenvalue weighted by atomic mass is 10.4. The lowest BCUT2D eigenvalue weighted by Crippen LogP contribution is -1.92. The van der Waals surface area contributed by atoms with Crippen LogP contribution in [0.5, 0.6) is 5.88 Å². The summed E-state index contributed by atoms with van der Waals surface area (Å²) in [7, 11) is 0. The summed E-state index contributed by atoms with van der Waals surface area (Å²) in [6.45, 7) is 2.44. The zero-order valence-corrected chi connectivity index (χ0v) is 6.15. The fraction of sp³-hybridized carbons (Fsp3) is 0.286. The summed E-state index contributed by atoms with van der Waals surface area (Å²) in [5, 5.41) is 2.70. The monoisotopic (exact) mass is 152 g/mol. The first kappa shape index (κ1) is 7.65. The first-order valence-electron chi connectivity index (χ1n) is 3.29. The Morgan fingerprint density at radius 1 is 1.64 bits per heavy atom. The zero-order chi connectivity index (χ0) is 8.10. The first-order chi connectivity index (χ1) is 5.36. The van der Waals surface area contributed by atoms with Crippen molar-refractivity contribution < 1.29 is 4.74 Å². The van der Waals surface area contributed by atoms with Crippen LogP contribution in [0.1, 0.15) is 6.92 Å². The summed E-state index contributed by atoms with van der Waals surface area (Å²) in [5.41, 5.74) is 0.313. The van der Waals surface area contributed by atoms with Crippen LogP contribution in [0, 0.1) is 4.91 Å². The van der Waals surface area contributed by atoms with Gasteiger partial charge in [-0.15, -0.1) is 4.91 Å². The average Bonchev–Trinajstić information content (AvgIpc) is 2.07. The lowest BCUT2D eigenvalue weighted by molar-refractivity contribution is 0.327. The van der Waals surface area contributed by atoms with Gasteiger partial charge in [0.05, 0.1) is 12.8 Å². The fourth-order valence-electron chi connectivity index (χ4n) is 0.660. The fourth-order valence-corrected chi connectivity index (χ4v) is 0.660. The van der Waals surface area contributed by atoms with E-state index < -0.39 is 0 Å². The third-order valence-corrected chi connectivity index (χ3v) is 1.12. The maximum Gasteiger partial charge on any atom is 0.213 e.